The Hall–Kier alpha value is -1.02. The van der Waals surface area contributed by atoms with Crippen molar-refractivity contribution in [3.8, 4) is 0 Å². The molecule has 17 heavy (non-hydrogen) atoms. The van der Waals surface area contributed by atoms with Gasteiger partial charge < -0.3 is 10.2 Å². The van der Waals surface area contributed by atoms with Crippen LogP contribution in [0.25, 0.3) is 0 Å². The SMILES string of the molecule is Cc1cc(C)c2c(c1)C1CN(C)CCC1CN2. The molecule has 0 amide bonds. The van der Waals surface area contributed by atoms with Gasteiger partial charge in [0.15, 0.2) is 0 Å². The zero-order valence-corrected chi connectivity index (χ0v) is 11.1. The summed E-state index contributed by atoms with van der Waals surface area (Å²) in [5, 5.41) is 3.65. The monoisotopic (exact) mass is 230 g/mol. The Bertz CT molecular complexity index is 439. The van der Waals surface area contributed by atoms with Crippen LogP contribution in [0, 0.1) is 19.8 Å². The zero-order chi connectivity index (χ0) is 12.0. The average Bonchev–Trinajstić information content (AvgIpc) is 2.28. The third-order valence-corrected chi connectivity index (χ3v) is 4.41. The van der Waals surface area contributed by atoms with Crippen molar-refractivity contribution >= 4 is 5.69 Å². The third-order valence-electron chi connectivity index (χ3n) is 4.41. The van der Waals surface area contributed by atoms with Crippen LogP contribution in [-0.4, -0.2) is 31.6 Å². The average molecular weight is 230 g/mol. The second-order valence-corrected chi connectivity index (χ2v) is 5.84. The molecule has 0 bridgehead atoms. The summed E-state index contributed by atoms with van der Waals surface area (Å²) < 4.78 is 0. The summed E-state index contributed by atoms with van der Waals surface area (Å²) in [6.45, 7) is 8.08. The predicted octanol–water partition coefficient (Wildman–Crippen LogP) is 2.76. The molecular formula is C15H22N2. The van der Waals surface area contributed by atoms with Crippen LogP contribution in [0.4, 0.5) is 5.69 Å². The van der Waals surface area contributed by atoms with Crippen molar-refractivity contribution in [3.63, 3.8) is 0 Å². The van der Waals surface area contributed by atoms with E-state index in [9.17, 15) is 0 Å². The van der Waals surface area contributed by atoms with Crippen molar-refractivity contribution in [1.82, 2.24) is 4.90 Å². The van der Waals surface area contributed by atoms with Crippen LogP contribution in [0.1, 0.15) is 29.0 Å². The van der Waals surface area contributed by atoms with Crippen LogP contribution in [-0.2, 0) is 0 Å². The van der Waals surface area contributed by atoms with Gasteiger partial charge in [0.1, 0.15) is 0 Å². The largest absolute Gasteiger partial charge is 0.384 e. The second kappa shape index (κ2) is 4.02. The molecule has 2 aliphatic rings. The molecule has 0 saturated carbocycles. The van der Waals surface area contributed by atoms with Gasteiger partial charge in [0.2, 0.25) is 0 Å². The standard InChI is InChI=1S/C15H22N2/c1-10-6-11(2)15-13(7-10)14-9-17(3)5-4-12(14)8-16-15/h6-7,12,14,16H,4-5,8-9H2,1-3H3. The van der Waals surface area contributed by atoms with Gasteiger partial charge in [0, 0.05) is 24.7 Å². The topological polar surface area (TPSA) is 15.3 Å². The first-order valence-corrected chi connectivity index (χ1v) is 6.68. The van der Waals surface area contributed by atoms with E-state index in [4.69, 9.17) is 0 Å². The highest BCUT2D eigenvalue weighted by atomic mass is 15.1. The molecular weight excluding hydrogens is 208 g/mol. The molecule has 1 N–H and O–H groups in total. The summed E-state index contributed by atoms with van der Waals surface area (Å²) in [5.41, 5.74) is 5.78. The van der Waals surface area contributed by atoms with Gasteiger partial charge in [-0.05, 0) is 50.9 Å². The van der Waals surface area contributed by atoms with Gasteiger partial charge in [-0.1, -0.05) is 17.7 Å². The number of nitrogens with zero attached hydrogens (tertiary/aromatic N) is 1. The molecule has 1 fully saturated rings. The van der Waals surface area contributed by atoms with E-state index < -0.39 is 0 Å². The quantitative estimate of drug-likeness (QED) is 0.737. The Labute approximate surface area is 104 Å². The van der Waals surface area contributed by atoms with Crippen LogP contribution in [0.5, 0.6) is 0 Å². The fourth-order valence-corrected chi connectivity index (χ4v) is 3.53. The molecule has 1 aromatic rings. The van der Waals surface area contributed by atoms with E-state index in [-0.39, 0.29) is 0 Å². The number of likely N-dealkylation sites (N-methyl/N-ethyl adjacent to an activating group) is 1. The van der Waals surface area contributed by atoms with Gasteiger partial charge in [-0.25, -0.2) is 0 Å². The third kappa shape index (κ3) is 1.85. The van der Waals surface area contributed by atoms with Crippen molar-refractivity contribution in [1.29, 1.82) is 0 Å². The second-order valence-electron chi connectivity index (χ2n) is 5.84. The summed E-state index contributed by atoms with van der Waals surface area (Å²) in [6, 6.07) is 4.68. The number of piperidine rings is 1. The number of nitrogens with one attached hydrogen (secondary N) is 1. The molecule has 2 heteroatoms. The molecule has 2 aliphatic heterocycles. The van der Waals surface area contributed by atoms with Crippen LogP contribution in [0.2, 0.25) is 0 Å². The summed E-state index contributed by atoms with van der Waals surface area (Å²) in [4.78, 5) is 2.48. The summed E-state index contributed by atoms with van der Waals surface area (Å²) in [5.74, 6) is 1.57. The Morgan fingerprint density at radius 1 is 1.29 bits per heavy atom. The Morgan fingerprint density at radius 3 is 2.94 bits per heavy atom. The maximum absolute atomic E-state index is 3.65. The van der Waals surface area contributed by atoms with Crippen molar-refractivity contribution in [2.75, 3.05) is 32.0 Å². The van der Waals surface area contributed by atoms with E-state index in [0.29, 0.717) is 0 Å². The van der Waals surface area contributed by atoms with Crippen molar-refractivity contribution < 1.29 is 0 Å². The molecule has 2 nitrogen and oxygen atoms in total. The Kier molecular flexibility index (Phi) is 2.62. The zero-order valence-electron chi connectivity index (χ0n) is 11.1. The molecule has 92 valence electrons. The van der Waals surface area contributed by atoms with Gasteiger partial charge in [0.05, 0.1) is 0 Å². The van der Waals surface area contributed by atoms with Crippen LogP contribution >= 0.6 is 0 Å². The molecule has 2 unspecified atom stereocenters. The molecule has 0 radical (unpaired) electrons. The van der Waals surface area contributed by atoms with Gasteiger partial charge >= 0.3 is 0 Å². The Morgan fingerprint density at radius 2 is 2.12 bits per heavy atom. The maximum Gasteiger partial charge on any atom is 0.0406 e. The van der Waals surface area contributed by atoms with E-state index in [1.165, 1.54) is 36.3 Å². The molecule has 2 atom stereocenters. The Balaban J connectivity index is 2.04. The maximum atomic E-state index is 3.65. The van der Waals surface area contributed by atoms with E-state index in [2.05, 4.69) is 43.2 Å². The minimum absolute atomic E-state index is 0.739. The summed E-state index contributed by atoms with van der Waals surface area (Å²) in [7, 11) is 2.25. The van der Waals surface area contributed by atoms with Crippen LogP contribution in [0.3, 0.4) is 0 Å². The minimum atomic E-state index is 0.739. The van der Waals surface area contributed by atoms with Gasteiger partial charge in [0.25, 0.3) is 0 Å². The fourth-order valence-electron chi connectivity index (χ4n) is 3.53. The number of fused-ring (bicyclic) bond motifs is 3. The van der Waals surface area contributed by atoms with E-state index in [1.54, 1.807) is 5.56 Å². The molecule has 1 saturated heterocycles. The molecule has 3 rings (SSSR count). The number of aryl methyl sites for hydroxylation is 2. The number of hydrogen-bond acceptors (Lipinski definition) is 2. The summed E-state index contributed by atoms with van der Waals surface area (Å²) in [6.07, 6.45) is 1.33. The van der Waals surface area contributed by atoms with Gasteiger partial charge in [-0.3, -0.25) is 0 Å². The van der Waals surface area contributed by atoms with E-state index >= 15 is 0 Å². The first-order chi connectivity index (χ1) is 8.15. The van der Waals surface area contributed by atoms with Gasteiger partial charge in [-0.15, -0.1) is 0 Å². The normalized spacial score (nSPS) is 28.2. The smallest absolute Gasteiger partial charge is 0.0406 e. The predicted molar refractivity (Wildman–Crippen MR) is 72.8 cm³/mol. The van der Waals surface area contributed by atoms with E-state index in [0.717, 1.165) is 18.4 Å². The van der Waals surface area contributed by atoms with Crippen molar-refractivity contribution in [2.45, 2.75) is 26.2 Å². The van der Waals surface area contributed by atoms with E-state index in [1.807, 2.05) is 0 Å². The molecule has 0 spiro atoms. The molecule has 0 aromatic heterocycles. The highest BCUT2D eigenvalue weighted by Crippen LogP contribution is 2.41. The number of rotatable bonds is 0. The molecule has 1 aromatic carbocycles. The minimum Gasteiger partial charge on any atom is -0.384 e. The number of hydrogen-bond donors (Lipinski definition) is 1. The lowest BCUT2D eigenvalue weighted by Crippen LogP contribution is -2.42. The lowest BCUT2D eigenvalue weighted by molar-refractivity contribution is 0.192. The first-order valence-electron chi connectivity index (χ1n) is 6.68. The number of anilines is 1. The first kappa shape index (κ1) is 11.1. The van der Waals surface area contributed by atoms with Crippen molar-refractivity contribution in [3.05, 3.63) is 28.8 Å². The van der Waals surface area contributed by atoms with Crippen molar-refractivity contribution in [2.24, 2.45) is 5.92 Å². The number of benzene rings is 1. The fraction of sp³-hybridized carbons (Fsp3) is 0.600. The van der Waals surface area contributed by atoms with Crippen LogP contribution < -0.4 is 5.32 Å². The summed E-state index contributed by atoms with van der Waals surface area (Å²) >= 11 is 0. The lowest BCUT2D eigenvalue weighted by atomic mass is 9.76. The highest BCUT2D eigenvalue weighted by molar-refractivity contribution is 5.62. The van der Waals surface area contributed by atoms with Crippen LogP contribution in [0.15, 0.2) is 12.1 Å². The number of likely N-dealkylation sites (tertiary alicyclic amines) is 1. The lowest BCUT2D eigenvalue weighted by Gasteiger charge is -2.42. The molecule has 0 aliphatic carbocycles. The highest BCUT2D eigenvalue weighted by Gasteiger charge is 2.33. The van der Waals surface area contributed by atoms with Gasteiger partial charge in [-0.2, -0.15) is 0 Å². The molecule has 2 heterocycles.